The van der Waals surface area contributed by atoms with E-state index in [1.807, 2.05) is 13.0 Å². The Labute approximate surface area is 219 Å². The Hall–Kier alpha value is -3.03. The van der Waals surface area contributed by atoms with Gasteiger partial charge < -0.3 is 14.2 Å². The Balaban J connectivity index is 1.18. The lowest BCUT2D eigenvalue weighted by atomic mass is 9.88. The summed E-state index contributed by atoms with van der Waals surface area (Å²) in [5.74, 6) is 1.24. The van der Waals surface area contributed by atoms with Crippen LogP contribution in [0.2, 0.25) is 0 Å². The monoisotopic (exact) mass is 515 g/mol. The normalized spacial score (nSPS) is 19.2. The van der Waals surface area contributed by atoms with Gasteiger partial charge in [0.1, 0.15) is 17.0 Å². The zero-order valence-corrected chi connectivity index (χ0v) is 22.3. The summed E-state index contributed by atoms with van der Waals surface area (Å²) in [5.41, 5.74) is 8.00. The smallest absolute Gasteiger partial charge is 0.186 e. The molecule has 4 heterocycles. The number of thiazole rings is 1. The van der Waals surface area contributed by atoms with E-state index in [2.05, 4.69) is 53.2 Å². The predicted molar refractivity (Wildman–Crippen MR) is 146 cm³/mol. The van der Waals surface area contributed by atoms with Gasteiger partial charge in [0.05, 0.1) is 22.5 Å². The molecule has 0 bridgehead atoms. The van der Waals surface area contributed by atoms with E-state index in [9.17, 15) is 4.39 Å². The second kappa shape index (κ2) is 8.50. The molecule has 4 aromatic rings. The van der Waals surface area contributed by atoms with Crippen LogP contribution in [0.1, 0.15) is 59.6 Å². The van der Waals surface area contributed by atoms with E-state index < -0.39 is 0 Å². The number of hydrogen-bond acceptors (Lipinski definition) is 6. The summed E-state index contributed by atoms with van der Waals surface area (Å²) in [4.78, 5) is 6.91. The molecule has 37 heavy (non-hydrogen) atoms. The molecule has 1 aliphatic carbocycles. The molecule has 190 valence electrons. The first-order chi connectivity index (χ1) is 17.9. The highest BCUT2D eigenvalue weighted by Gasteiger charge is 2.42. The minimum atomic E-state index is -0.291. The Kier molecular flexibility index (Phi) is 5.31. The second-order valence-corrected chi connectivity index (χ2v) is 11.9. The van der Waals surface area contributed by atoms with Crippen molar-refractivity contribution in [1.82, 2.24) is 10.1 Å². The molecule has 0 N–H and O–H groups in total. The largest absolute Gasteiger partial charge is 0.366 e. The number of ether oxygens (including phenoxy) is 1. The highest BCUT2D eigenvalue weighted by molar-refractivity contribution is 7.22. The summed E-state index contributed by atoms with van der Waals surface area (Å²) in [6.07, 6.45) is 6.41. The third-order valence-corrected chi connectivity index (χ3v) is 9.18. The van der Waals surface area contributed by atoms with Gasteiger partial charge in [-0.3, -0.25) is 0 Å². The fourth-order valence-corrected chi connectivity index (χ4v) is 7.10. The molecule has 0 atom stereocenters. The Morgan fingerprint density at radius 3 is 2.54 bits per heavy atom. The summed E-state index contributed by atoms with van der Waals surface area (Å²) < 4.78 is 27.9. The van der Waals surface area contributed by atoms with E-state index in [0.29, 0.717) is 18.0 Å². The van der Waals surface area contributed by atoms with Gasteiger partial charge in [-0.2, -0.15) is 0 Å². The maximum absolute atomic E-state index is 14.4. The van der Waals surface area contributed by atoms with Gasteiger partial charge in [0.25, 0.3) is 0 Å². The quantitative estimate of drug-likeness (QED) is 0.284. The summed E-state index contributed by atoms with van der Waals surface area (Å²) in [6, 6.07) is 9.96. The van der Waals surface area contributed by atoms with Crippen molar-refractivity contribution in [1.29, 1.82) is 0 Å². The van der Waals surface area contributed by atoms with Gasteiger partial charge >= 0.3 is 0 Å². The molecule has 1 saturated heterocycles. The van der Waals surface area contributed by atoms with Crippen LogP contribution in [0.5, 0.6) is 0 Å². The molecule has 3 aliphatic rings. The van der Waals surface area contributed by atoms with Crippen LogP contribution in [0, 0.1) is 26.6 Å². The number of piperidine rings is 1. The fraction of sp³-hybridized carbons (Fsp3) is 0.400. The van der Waals surface area contributed by atoms with Gasteiger partial charge in [0.15, 0.2) is 10.9 Å². The summed E-state index contributed by atoms with van der Waals surface area (Å²) >= 11 is 1.57. The van der Waals surface area contributed by atoms with Crippen LogP contribution in [-0.2, 0) is 4.74 Å². The van der Waals surface area contributed by atoms with Crippen molar-refractivity contribution < 1.29 is 13.7 Å². The van der Waals surface area contributed by atoms with Crippen LogP contribution in [0.15, 0.2) is 40.9 Å². The van der Waals surface area contributed by atoms with Crippen LogP contribution in [-0.4, -0.2) is 35.4 Å². The van der Waals surface area contributed by atoms with Crippen LogP contribution in [0.3, 0.4) is 0 Å². The maximum Gasteiger partial charge on any atom is 0.186 e. The van der Waals surface area contributed by atoms with Gasteiger partial charge in [0.2, 0.25) is 0 Å². The van der Waals surface area contributed by atoms with Gasteiger partial charge in [0, 0.05) is 24.6 Å². The molecule has 2 aromatic carbocycles. The average molecular weight is 516 g/mol. The van der Waals surface area contributed by atoms with E-state index in [4.69, 9.17) is 9.26 Å². The molecule has 1 spiro atoms. The highest BCUT2D eigenvalue weighted by Crippen LogP contribution is 2.49. The molecule has 0 amide bonds. The molecular formula is C30H30FN3O2S. The minimum absolute atomic E-state index is 0.238. The molecule has 2 aliphatic heterocycles. The molecule has 2 aromatic heterocycles. The van der Waals surface area contributed by atoms with Crippen molar-refractivity contribution in [2.75, 3.05) is 24.6 Å². The van der Waals surface area contributed by atoms with Crippen molar-refractivity contribution in [2.24, 2.45) is 0 Å². The van der Waals surface area contributed by atoms with Crippen LogP contribution >= 0.6 is 11.3 Å². The number of aryl methyl sites for hydroxylation is 3. The van der Waals surface area contributed by atoms with Crippen molar-refractivity contribution in [2.45, 2.75) is 58.0 Å². The lowest BCUT2D eigenvalue weighted by Gasteiger charge is -2.37. The fourth-order valence-electron chi connectivity index (χ4n) is 5.97. The van der Waals surface area contributed by atoms with E-state index in [0.717, 1.165) is 71.2 Å². The first-order valence-electron chi connectivity index (χ1n) is 13.1. The molecule has 2 fully saturated rings. The number of hydrogen-bond donors (Lipinski definition) is 0. The van der Waals surface area contributed by atoms with Crippen molar-refractivity contribution in [3.63, 3.8) is 0 Å². The van der Waals surface area contributed by atoms with Crippen LogP contribution < -0.4 is 4.90 Å². The van der Waals surface area contributed by atoms with Crippen molar-refractivity contribution in [3.05, 3.63) is 70.2 Å². The Bertz CT molecular complexity index is 1540. The van der Waals surface area contributed by atoms with E-state index in [1.54, 1.807) is 17.4 Å². The first kappa shape index (κ1) is 23.1. The van der Waals surface area contributed by atoms with Gasteiger partial charge in [-0.25, -0.2) is 9.37 Å². The third kappa shape index (κ3) is 3.91. The number of fused-ring (bicyclic) bond motifs is 1. The van der Waals surface area contributed by atoms with E-state index >= 15 is 0 Å². The summed E-state index contributed by atoms with van der Waals surface area (Å²) in [5, 5.41) is 5.51. The van der Waals surface area contributed by atoms with Gasteiger partial charge in [-0.05, 0) is 86.9 Å². The number of rotatable bonds is 4. The topological polar surface area (TPSA) is 51.4 Å². The predicted octanol–water partition coefficient (Wildman–Crippen LogP) is 7.35. The molecule has 1 saturated carbocycles. The van der Waals surface area contributed by atoms with E-state index in [-0.39, 0.29) is 11.4 Å². The zero-order chi connectivity index (χ0) is 25.3. The lowest BCUT2D eigenvalue weighted by molar-refractivity contribution is 0.00840. The number of nitrogens with zero attached hydrogens (tertiary/aromatic N) is 3. The van der Waals surface area contributed by atoms with Crippen LogP contribution in [0.4, 0.5) is 9.52 Å². The average Bonchev–Trinajstić information content (AvgIpc) is 3.28. The molecular weight excluding hydrogens is 485 g/mol. The lowest BCUT2D eigenvalue weighted by Crippen LogP contribution is -2.43. The standard InChI is InChI=1S/C30H30FN3O2S/c1-17-13-22(31)26-23(14-17)37-29(32-26)34-11-9-30(10-12-34)15-21(16-35-30)25-27(33-36-28(25)20-7-8-20)24-18(2)5-4-6-19(24)3/h4-6,13-15,20H,7-12,16H2,1-3H3. The first-order valence-corrected chi connectivity index (χ1v) is 14.0. The number of halogens is 1. The Morgan fingerprint density at radius 1 is 1.05 bits per heavy atom. The molecule has 7 rings (SSSR count). The molecule has 0 unspecified atom stereocenters. The molecule has 0 radical (unpaired) electrons. The number of benzene rings is 2. The van der Waals surface area contributed by atoms with E-state index in [1.165, 1.54) is 22.3 Å². The Morgan fingerprint density at radius 2 is 1.81 bits per heavy atom. The molecule has 7 heteroatoms. The minimum Gasteiger partial charge on any atom is -0.366 e. The van der Waals surface area contributed by atoms with Crippen molar-refractivity contribution in [3.8, 4) is 11.3 Å². The second-order valence-electron chi connectivity index (χ2n) is 10.9. The number of aromatic nitrogens is 2. The van der Waals surface area contributed by atoms with Gasteiger partial charge in [-0.1, -0.05) is 34.7 Å². The molecule has 5 nitrogen and oxygen atoms in total. The SMILES string of the molecule is Cc1cc(F)c2nc(N3CCC4(C=C(c5c(-c6c(C)cccc6C)noc5C5CC5)CO4)CC3)sc2c1. The summed E-state index contributed by atoms with van der Waals surface area (Å²) in [7, 11) is 0. The highest BCUT2D eigenvalue weighted by atomic mass is 32.1. The van der Waals surface area contributed by atoms with Crippen LogP contribution in [0.25, 0.3) is 27.0 Å². The summed E-state index contributed by atoms with van der Waals surface area (Å²) in [6.45, 7) is 8.43. The van der Waals surface area contributed by atoms with Crippen molar-refractivity contribution >= 4 is 32.3 Å². The van der Waals surface area contributed by atoms with Gasteiger partial charge in [-0.15, -0.1) is 0 Å². The third-order valence-electron chi connectivity index (χ3n) is 8.12. The number of anilines is 1. The zero-order valence-electron chi connectivity index (χ0n) is 21.4. The maximum atomic E-state index is 14.4.